The molecule has 0 aliphatic rings. The van der Waals surface area contributed by atoms with Gasteiger partial charge in [0.25, 0.3) is 0 Å². The van der Waals surface area contributed by atoms with Crippen molar-refractivity contribution in [1.29, 1.82) is 5.26 Å². The van der Waals surface area contributed by atoms with E-state index in [9.17, 15) is 0 Å². The normalized spacial score (nSPS) is 9.67. The van der Waals surface area contributed by atoms with Crippen molar-refractivity contribution in [2.24, 2.45) is 5.73 Å². The summed E-state index contributed by atoms with van der Waals surface area (Å²) in [4.78, 5) is 6.14. The van der Waals surface area contributed by atoms with Crippen LogP contribution in [-0.4, -0.2) is 24.6 Å². The van der Waals surface area contributed by atoms with Crippen LogP contribution in [0.25, 0.3) is 0 Å². The van der Waals surface area contributed by atoms with Gasteiger partial charge in [0.15, 0.2) is 5.82 Å². The zero-order chi connectivity index (χ0) is 11.3. The Hall–Kier alpha value is -1.80. The first-order chi connectivity index (χ1) is 7.22. The van der Waals surface area contributed by atoms with E-state index in [2.05, 4.69) is 4.98 Å². The standard InChI is InChI=1S/C10H15N5/c1-2-15(4-3-11)10-9(13)5-8(6-12)7-14-10/h5,7H,2-4,11,13H2,1H3. The smallest absolute Gasteiger partial charge is 0.151 e. The molecule has 0 fully saturated rings. The highest BCUT2D eigenvalue weighted by Gasteiger charge is 2.09. The van der Waals surface area contributed by atoms with E-state index in [0.29, 0.717) is 30.2 Å². The molecule has 1 rings (SSSR count). The molecule has 0 bridgehead atoms. The van der Waals surface area contributed by atoms with Crippen LogP contribution in [0.1, 0.15) is 12.5 Å². The van der Waals surface area contributed by atoms with Crippen molar-refractivity contribution < 1.29 is 0 Å². The number of pyridine rings is 1. The van der Waals surface area contributed by atoms with E-state index < -0.39 is 0 Å². The number of nitrogen functional groups attached to an aromatic ring is 1. The number of aromatic nitrogens is 1. The molecule has 0 aliphatic heterocycles. The summed E-state index contributed by atoms with van der Waals surface area (Å²) in [5.74, 6) is 0.696. The first-order valence-electron chi connectivity index (χ1n) is 4.83. The summed E-state index contributed by atoms with van der Waals surface area (Å²) in [6, 6.07) is 3.62. The first kappa shape index (κ1) is 11.3. The molecule has 0 aliphatic carbocycles. The van der Waals surface area contributed by atoms with Crippen LogP contribution in [0.3, 0.4) is 0 Å². The molecule has 0 spiro atoms. The van der Waals surface area contributed by atoms with Crippen molar-refractivity contribution in [3.63, 3.8) is 0 Å². The fourth-order valence-electron chi connectivity index (χ4n) is 1.37. The van der Waals surface area contributed by atoms with Gasteiger partial charge >= 0.3 is 0 Å². The summed E-state index contributed by atoms with van der Waals surface area (Å²) >= 11 is 0. The molecule has 0 saturated carbocycles. The van der Waals surface area contributed by atoms with Crippen LogP contribution >= 0.6 is 0 Å². The number of rotatable bonds is 4. The molecule has 1 aromatic rings. The van der Waals surface area contributed by atoms with Gasteiger partial charge in [-0.15, -0.1) is 0 Å². The minimum absolute atomic E-state index is 0.472. The summed E-state index contributed by atoms with van der Waals surface area (Å²) in [6.45, 7) is 4.06. The summed E-state index contributed by atoms with van der Waals surface area (Å²) in [5.41, 5.74) is 12.3. The Kier molecular flexibility index (Phi) is 3.89. The molecular formula is C10H15N5. The maximum absolute atomic E-state index is 8.67. The largest absolute Gasteiger partial charge is 0.396 e. The van der Waals surface area contributed by atoms with Gasteiger partial charge in [-0.25, -0.2) is 4.98 Å². The lowest BCUT2D eigenvalue weighted by atomic mass is 10.2. The van der Waals surface area contributed by atoms with Crippen molar-refractivity contribution in [3.05, 3.63) is 17.8 Å². The molecule has 0 unspecified atom stereocenters. The Labute approximate surface area is 89.3 Å². The molecule has 1 aromatic heterocycles. The second kappa shape index (κ2) is 5.17. The molecule has 0 saturated heterocycles. The quantitative estimate of drug-likeness (QED) is 0.738. The van der Waals surface area contributed by atoms with Gasteiger partial charge in [-0.1, -0.05) is 0 Å². The van der Waals surface area contributed by atoms with Gasteiger partial charge < -0.3 is 16.4 Å². The van der Waals surface area contributed by atoms with Gasteiger partial charge in [0.05, 0.1) is 11.3 Å². The van der Waals surface area contributed by atoms with E-state index in [4.69, 9.17) is 16.7 Å². The fraction of sp³-hybridized carbons (Fsp3) is 0.400. The van der Waals surface area contributed by atoms with E-state index in [1.165, 1.54) is 6.20 Å². The lowest BCUT2D eigenvalue weighted by molar-refractivity contribution is 0.803. The van der Waals surface area contributed by atoms with E-state index >= 15 is 0 Å². The number of likely N-dealkylation sites (N-methyl/N-ethyl adjacent to an activating group) is 1. The van der Waals surface area contributed by atoms with Gasteiger partial charge in [0.2, 0.25) is 0 Å². The highest BCUT2D eigenvalue weighted by atomic mass is 15.2. The number of nitrogens with zero attached hydrogens (tertiary/aromatic N) is 3. The van der Waals surface area contributed by atoms with Crippen molar-refractivity contribution in [2.45, 2.75) is 6.92 Å². The molecule has 5 nitrogen and oxygen atoms in total. The van der Waals surface area contributed by atoms with Crippen molar-refractivity contribution in [1.82, 2.24) is 4.98 Å². The van der Waals surface area contributed by atoms with E-state index in [1.807, 2.05) is 17.9 Å². The van der Waals surface area contributed by atoms with Gasteiger partial charge in [-0.3, -0.25) is 0 Å². The lowest BCUT2D eigenvalue weighted by Crippen LogP contribution is -2.30. The van der Waals surface area contributed by atoms with Crippen LogP contribution in [-0.2, 0) is 0 Å². The first-order valence-corrected chi connectivity index (χ1v) is 4.83. The molecule has 0 amide bonds. The van der Waals surface area contributed by atoms with Crippen LogP contribution in [0.15, 0.2) is 12.3 Å². The second-order valence-electron chi connectivity index (χ2n) is 3.12. The molecule has 0 aromatic carbocycles. The Morgan fingerprint density at radius 2 is 2.33 bits per heavy atom. The highest BCUT2D eigenvalue weighted by molar-refractivity contribution is 5.64. The fourth-order valence-corrected chi connectivity index (χ4v) is 1.37. The number of hydrogen-bond donors (Lipinski definition) is 2. The van der Waals surface area contributed by atoms with E-state index in [-0.39, 0.29) is 0 Å². The molecule has 4 N–H and O–H groups in total. The van der Waals surface area contributed by atoms with Crippen LogP contribution < -0.4 is 16.4 Å². The van der Waals surface area contributed by atoms with Crippen molar-refractivity contribution >= 4 is 11.5 Å². The summed E-state index contributed by atoms with van der Waals surface area (Å²) in [5, 5.41) is 8.67. The topological polar surface area (TPSA) is 92.0 Å². The minimum Gasteiger partial charge on any atom is -0.396 e. The lowest BCUT2D eigenvalue weighted by Gasteiger charge is -2.22. The average molecular weight is 205 g/mol. The third-order valence-electron chi connectivity index (χ3n) is 2.10. The Morgan fingerprint density at radius 3 is 2.80 bits per heavy atom. The maximum Gasteiger partial charge on any atom is 0.151 e. The average Bonchev–Trinajstić information content (AvgIpc) is 2.26. The van der Waals surface area contributed by atoms with Gasteiger partial charge in [0.1, 0.15) is 6.07 Å². The summed E-state index contributed by atoms with van der Waals surface area (Å²) < 4.78 is 0. The number of anilines is 2. The van der Waals surface area contributed by atoms with Crippen LogP contribution in [0, 0.1) is 11.3 Å². The predicted octanol–water partition coefficient (Wildman–Crippen LogP) is 0.320. The number of nitriles is 1. The zero-order valence-corrected chi connectivity index (χ0v) is 8.77. The monoisotopic (exact) mass is 205 g/mol. The van der Waals surface area contributed by atoms with Gasteiger partial charge in [-0.05, 0) is 13.0 Å². The van der Waals surface area contributed by atoms with Crippen LogP contribution in [0.2, 0.25) is 0 Å². The molecular weight excluding hydrogens is 190 g/mol. The van der Waals surface area contributed by atoms with Gasteiger partial charge in [0, 0.05) is 25.8 Å². The zero-order valence-electron chi connectivity index (χ0n) is 8.77. The molecule has 5 heteroatoms. The predicted molar refractivity (Wildman–Crippen MR) is 60.3 cm³/mol. The molecule has 0 atom stereocenters. The highest BCUT2D eigenvalue weighted by Crippen LogP contribution is 2.20. The third-order valence-corrected chi connectivity index (χ3v) is 2.10. The maximum atomic E-state index is 8.67. The molecule has 15 heavy (non-hydrogen) atoms. The third kappa shape index (κ3) is 2.58. The Bertz CT molecular complexity index is 369. The molecule has 0 radical (unpaired) electrons. The minimum atomic E-state index is 0.472. The van der Waals surface area contributed by atoms with Crippen LogP contribution in [0.4, 0.5) is 11.5 Å². The Morgan fingerprint density at radius 1 is 1.60 bits per heavy atom. The Balaban J connectivity index is 2.98. The van der Waals surface area contributed by atoms with E-state index in [0.717, 1.165) is 6.54 Å². The SMILES string of the molecule is CCN(CCN)c1ncc(C#N)cc1N. The van der Waals surface area contributed by atoms with Crippen molar-refractivity contribution in [2.75, 3.05) is 30.3 Å². The van der Waals surface area contributed by atoms with Gasteiger partial charge in [-0.2, -0.15) is 5.26 Å². The number of nitrogens with two attached hydrogens (primary N) is 2. The molecule has 80 valence electrons. The van der Waals surface area contributed by atoms with Crippen LogP contribution in [0.5, 0.6) is 0 Å². The molecule has 1 heterocycles. The van der Waals surface area contributed by atoms with E-state index in [1.54, 1.807) is 6.07 Å². The second-order valence-corrected chi connectivity index (χ2v) is 3.12. The number of hydrogen-bond acceptors (Lipinski definition) is 5. The summed E-state index contributed by atoms with van der Waals surface area (Å²) in [7, 11) is 0. The van der Waals surface area contributed by atoms with Crippen molar-refractivity contribution in [3.8, 4) is 6.07 Å². The summed E-state index contributed by atoms with van der Waals surface area (Å²) in [6.07, 6.45) is 1.52.